The number of nitrogens with zero attached hydrogens (tertiary/aromatic N) is 13. The molecule has 7 rings (SSSR count). The van der Waals surface area contributed by atoms with Crippen molar-refractivity contribution in [3.8, 4) is 23.8 Å². The zero-order valence-corrected chi connectivity index (χ0v) is 44.8. The number of carbonyl (C=O) groups excluding carboxylic acids is 2. The number of carbonyl (C=O) groups is 2. The van der Waals surface area contributed by atoms with Crippen LogP contribution in [0, 0.1) is 24.2 Å². The number of piperazine rings is 2. The third kappa shape index (κ3) is 15.9. The summed E-state index contributed by atoms with van der Waals surface area (Å²) in [6.45, 7) is 14.5. The van der Waals surface area contributed by atoms with Crippen molar-refractivity contribution in [3.63, 3.8) is 0 Å². The lowest BCUT2D eigenvalue weighted by Gasteiger charge is -2.38. The molecule has 2 aliphatic rings. The van der Waals surface area contributed by atoms with Crippen LogP contribution in [-0.2, 0) is 36.6 Å². The molecule has 0 bridgehead atoms. The fourth-order valence-electron chi connectivity index (χ4n) is 9.00. The van der Waals surface area contributed by atoms with Gasteiger partial charge in [0.25, 0.3) is 0 Å². The molecule has 0 aliphatic carbocycles. The number of hydrogen-bond donors (Lipinski definition) is 5. The van der Waals surface area contributed by atoms with Gasteiger partial charge in [-0.05, 0) is 60.1 Å². The summed E-state index contributed by atoms with van der Waals surface area (Å²) >= 11 is 0. The number of halogens is 1. The van der Waals surface area contributed by atoms with E-state index in [0.29, 0.717) is 134 Å². The third-order valence-electron chi connectivity index (χ3n) is 13.9. The Hall–Kier alpha value is -6.68. The summed E-state index contributed by atoms with van der Waals surface area (Å²) in [5.74, 6) is 3.95. The van der Waals surface area contributed by atoms with Crippen molar-refractivity contribution in [2.75, 3.05) is 114 Å². The van der Waals surface area contributed by atoms with E-state index in [0.717, 1.165) is 24.0 Å². The summed E-state index contributed by atoms with van der Waals surface area (Å²) in [4.78, 5) is 51.4. The highest BCUT2D eigenvalue weighted by Gasteiger charge is 2.36. The maximum atomic E-state index is 14.4. The lowest BCUT2D eigenvalue weighted by Crippen LogP contribution is -3.00. The Morgan fingerprint density at radius 1 is 0.645 bits per heavy atom. The van der Waals surface area contributed by atoms with Gasteiger partial charge >= 0.3 is 0 Å². The number of phenolic OH excluding ortho intramolecular Hbond substituents is 2. The van der Waals surface area contributed by atoms with Crippen LogP contribution in [0.2, 0.25) is 0 Å². The first-order valence-electron chi connectivity index (χ1n) is 26.0. The maximum Gasteiger partial charge on any atom is 0.247 e. The molecule has 2 fully saturated rings. The number of nitrogens with one attached hydrogen (secondary N) is 1. The predicted molar refractivity (Wildman–Crippen MR) is 282 cm³/mol. The predicted octanol–water partition coefficient (Wildman–Crippen LogP) is -0.0783. The zero-order chi connectivity index (χ0) is 53.3. The Morgan fingerprint density at radius 2 is 1.05 bits per heavy atom. The molecule has 6 atom stereocenters. The number of hydrogen-bond acceptors (Lipinski definition) is 19. The van der Waals surface area contributed by atoms with Crippen LogP contribution >= 0.6 is 0 Å². The highest BCUT2D eigenvalue weighted by atomic mass is 35.5. The second kappa shape index (κ2) is 29.0. The number of anilines is 3. The van der Waals surface area contributed by atoms with Crippen LogP contribution in [0.3, 0.4) is 0 Å². The van der Waals surface area contributed by atoms with E-state index in [2.05, 4.69) is 55.5 Å². The van der Waals surface area contributed by atoms with E-state index in [1.807, 2.05) is 47.9 Å². The van der Waals surface area contributed by atoms with Crippen LogP contribution in [0.15, 0.2) is 60.9 Å². The van der Waals surface area contributed by atoms with Gasteiger partial charge in [-0.25, -0.2) is 9.36 Å². The lowest BCUT2D eigenvalue weighted by molar-refractivity contribution is -0.137. The Bertz CT molecular complexity index is 2450. The summed E-state index contributed by atoms with van der Waals surface area (Å²) in [6, 6.07) is 11.7. The van der Waals surface area contributed by atoms with Crippen molar-refractivity contribution in [3.05, 3.63) is 83.4 Å². The number of phenols is 2. The largest absolute Gasteiger partial charge is 1.00 e. The number of rotatable bonds is 27. The molecule has 0 saturated carbocycles. The number of amides is 2. The van der Waals surface area contributed by atoms with Crippen molar-refractivity contribution in [1.82, 2.24) is 54.7 Å². The summed E-state index contributed by atoms with van der Waals surface area (Å²) < 4.78 is 19.9. The first kappa shape index (κ1) is 58.6. The minimum absolute atomic E-state index is 0. The monoisotopic (exact) mass is 1070 g/mol. The van der Waals surface area contributed by atoms with Gasteiger partial charge in [0.2, 0.25) is 29.7 Å². The number of benzene rings is 2. The van der Waals surface area contributed by atoms with Crippen LogP contribution in [0.25, 0.3) is 0 Å². The summed E-state index contributed by atoms with van der Waals surface area (Å²) in [7, 11) is 0. The standard InChI is InChI=1S/C52H74N16O7.ClH/c1-6-26-73-28-30-75-31-29-74-27-17-55-50-56-51(65-22-18-63(19-23-65)48(71)46(36(4)7-2)67-34-44(59-61-67)42(53)32-38-9-13-40(69)14-10-38)58-52(57-50)66-24-20-64(21-25-66)49(72)47(37(5)8-3)68-35-45(60-62-68)43(54)33-39-11-15-41(70)16-12-39;/h1,9-16,34-37,42-43,46-47,69-70H,7-8,17-33,53-54H2,2-5H3,(H,55,56,57,58);1H/p-1. The Labute approximate surface area is 451 Å². The number of ether oxygens (including phenoxy) is 3. The zero-order valence-electron chi connectivity index (χ0n) is 44.0. The number of aromatic nitrogens is 9. The van der Waals surface area contributed by atoms with Gasteiger partial charge in [-0.3, -0.25) is 9.59 Å². The molecular formula is C52H74ClN16O7-. The van der Waals surface area contributed by atoms with Gasteiger partial charge in [0, 0.05) is 58.9 Å². The van der Waals surface area contributed by atoms with E-state index in [1.54, 1.807) is 46.0 Å². The van der Waals surface area contributed by atoms with Crippen LogP contribution in [0.4, 0.5) is 17.8 Å². The first-order valence-corrected chi connectivity index (χ1v) is 26.0. The average Bonchev–Trinajstić information content (AvgIpc) is 4.13. The summed E-state index contributed by atoms with van der Waals surface area (Å²) in [5, 5.41) is 40.4. The van der Waals surface area contributed by atoms with Crippen molar-refractivity contribution in [2.45, 2.75) is 77.5 Å². The molecule has 76 heavy (non-hydrogen) atoms. The Balaban J connectivity index is 0.00000937. The molecule has 412 valence electrons. The van der Waals surface area contributed by atoms with Crippen LogP contribution in [0.1, 0.15) is 87.2 Å². The quantitative estimate of drug-likeness (QED) is 0.0340. The molecule has 2 aromatic carbocycles. The number of aromatic hydroxyl groups is 2. The number of terminal acetylenes is 1. The maximum absolute atomic E-state index is 14.4. The van der Waals surface area contributed by atoms with E-state index in [9.17, 15) is 19.8 Å². The molecule has 3 aromatic heterocycles. The van der Waals surface area contributed by atoms with Gasteiger partial charge in [0.1, 0.15) is 30.2 Å². The van der Waals surface area contributed by atoms with E-state index in [4.69, 9.17) is 47.1 Å². The third-order valence-corrected chi connectivity index (χ3v) is 13.9. The van der Waals surface area contributed by atoms with Gasteiger partial charge in [-0.2, -0.15) is 15.0 Å². The van der Waals surface area contributed by atoms with Crippen LogP contribution < -0.4 is 39.0 Å². The molecule has 2 saturated heterocycles. The molecular weight excluding hydrogens is 996 g/mol. The number of nitrogens with two attached hydrogens (primary N) is 2. The van der Waals surface area contributed by atoms with Crippen molar-refractivity contribution < 1.29 is 46.4 Å². The highest BCUT2D eigenvalue weighted by molar-refractivity contribution is 5.81. The SMILES string of the molecule is C#CCOCCOCCOCCNc1nc(N2CCN(C(=O)C(C(C)CC)n3cc(C(N)Cc4ccc(O)cc4)nn3)CC2)nc(N2CCN(C(=O)C(C(C)CC)n3cc(C(N)Cc4ccc(O)cc4)nn3)CC2)n1.[Cl-]. The molecule has 6 unspecified atom stereocenters. The molecule has 2 amide bonds. The summed E-state index contributed by atoms with van der Waals surface area (Å²) in [6.07, 6.45) is 11.3. The molecule has 2 aliphatic heterocycles. The highest BCUT2D eigenvalue weighted by Crippen LogP contribution is 2.29. The first-order chi connectivity index (χ1) is 36.3. The van der Waals surface area contributed by atoms with E-state index in [1.165, 1.54) is 0 Å². The summed E-state index contributed by atoms with van der Waals surface area (Å²) in [5.41, 5.74) is 16.2. The average molecular weight is 1070 g/mol. The molecule has 5 heterocycles. The fraction of sp³-hybridized carbons (Fsp3) is 0.558. The molecule has 24 heteroatoms. The van der Waals surface area contributed by atoms with Gasteiger partial charge in [-0.15, -0.1) is 16.6 Å². The second-order valence-electron chi connectivity index (χ2n) is 19.2. The molecule has 7 N–H and O–H groups in total. The molecule has 0 spiro atoms. The topological polar surface area (TPSA) is 279 Å². The smallest absolute Gasteiger partial charge is 0.247 e. The van der Waals surface area contributed by atoms with Crippen molar-refractivity contribution in [2.24, 2.45) is 23.3 Å². The Kier molecular flexibility index (Phi) is 22.4. The van der Waals surface area contributed by atoms with Gasteiger partial charge < -0.3 is 73.2 Å². The van der Waals surface area contributed by atoms with Crippen LogP contribution in [-0.4, -0.2) is 175 Å². The van der Waals surface area contributed by atoms with E-state index < -0.39 is 24.2 Å². The van der Waals surface area contributed by atoms with Gasteiger partial charge in [0.15, 0.2) is 0 Å². The van der Waals surface area contributed by atoms with E-state index >= 15 is 0 Å². The van der Waals surface area contributed by atoms with Gasteiger partial charge in [0.05, 0.1) is 68.9 Å². The van der Waals surface area contributed by atoms with Gasteiger partial charge in [-0.1, -0.05) is 81.1 Å². The molecule has 23 nitrogen and oxygen atoms in total. The second-order valence-corrected chi connectivity index (χ2v) is 19.2. The molecule has 0 radical (unpaired) electrons. The van der Waals surface area contributed by atoms with Crippen LogP contribution in [0.5, 0.6) is 11.5 Å². The normalized spacial score (nSPS) is 16.3. The molecule has 5 aromatic rings. The Morgan fingerprint density at radius 3 is 1.46 bits per heavy atom. The van der Waals surface area contributed by atoms with Crippen molar-refractivity contribution in [1.29, 1.82) is 0 Å². The fourth-order valence-corrected chi connectivity index (χ4v) is 9.00. The minimum atomic E-state index is -0.578. The minimum Gasteiger partial charge on any atom is -1.00 e. The van der Waals surface area contributed by atoms with Crippen molar-refractivity contribution >= 4 is 29.7 Å². The van der Waals surface area contributed by atoms with E-state index in [-0.39, 0.29) is 54.2 Å². The lowest BCUT2D eigenvalue weighted by atomic mass is 9.97.